The van der Waals surface area contributed by atoms with Gasteiger partial charge in [0, 0.05) is 13.1 Å². The summed E-state index contributed by atoms with van der Waals surface area (Å²) in [5, 5.41) is 10.4. The van der Waals surface area contributed by atoms with Crippen LogP contribution in [0.3, 0.4) is 0 Å². The van der Waals surface area contributed by atoms with Gasteiger partial charge in [0.15, 0.2) is 11.6 Å². The average molecular weight is 315 g/mol. The van der Waals surface area contributed by atoms with Gasteiger partial charge in [-0.3, -0.25) is 4.90 Å². The summed E-state index contributed by atoms with van der Waals surface area (Å²) in [4.78, 5) is 2.24. The van der Waals surface area contributed by atoms with E-state index in [-0.39, 0.29) is 5.75 Å². The van der Waals surface area contributed by atoms with Gasteiger partial charge in [0.2, 0.25) is 0 Å². The zero-order valence-corrected chi connectivity index (χ0v) is 13.3. The molecule has 2 aromatic carbocycles. The van der Waals surface area contributed by atoms with Crippen LogP contribution >= 0.6 is 0 Å². The maximum absolute atomic E-state index is 13.8. The van der Waals surface area contributed by atoms with Gasteiger partial charge in [-0.25, -0.2) is 4.39 Å². The Labute approximate surface area is 136 Å². The highest BCUT2D eigenvalue weighted by Gasteiger charge is 2.25. The number of nitrogens with zero attached hydrogens (tertiary/aromatic N) is 1. The van der Waals surface area contributed by atoms with E-state index in [1.807, 2.05) is 6.07 Å². The fourth-order valence-corrected chi connectivity index (χ4v) is 3.24. The Bertz CT molecular complexity index is 647. The van der Waals surface area contributed by atoms with Crippen molar-refractivity contribution in [2.75, 3.05) is 26.7 Å². The van der Waals surface area contributed by atoms with Crippen LogP contribution in [0.4, 0.5) is 4.39 Å². The van der Waals surface area contributed by atoms with Crippen LogP contribution in [0.5, 0.6) is 5.75 Å². The number of aliphatic hydroxyl groups excluding tert-OH is 1. The van der Waals surface area contributed by atoms with Gasteiger partial charge in [-0.05, 0) is 42.1 Å². The summed E-state index contributed by atoms with van der Waals surface area (Å²) in [6.07, 6.45) is 0.401. The Hall–Kier alpha value is -1.91. The number of hydrogen-bond donors (Lipinski definition) is 1. The summed E-state index contributed by atoms with van der Waals surface area (Å²) >= 11 is 0. The number of β-amino-alcohol motifs (C(OH)–C–C–N with tert-alkyl or cyclic N) is 1. The maximum atomic E-state index is 13.8. The van der Waals surface area contributed by atoms with E-state index in [2.05, 4.69) is 29.2 Å². The predicted molar refractivity (Wildman–Crippen MR) is 88.2 cm³/mol. The van der Waals surface area contributed by atoms with Crippen LogP contribution in [0.1, 0.15) is 29.6 Å². The molecule has 1 aliphatic rings. The molecule has 0 bridgehead atoms. The van der Waals surface area contributed by atoms with E-state index in [4.69, 9.17) is 4.74 Å². The topological polar surface area (TPSA) is 32.7 Å². The molecular formula is C19H22FNO2. The average Bonchev–Trinajstić information content (AvgIpc) is 3.04. The molecule has 1 saturated heterocycles. The van der Waals surface area contributed by atoms with Crippen LogP contribution in [0.25, 0.3) is 0 Å². The Morgan fingerprint density at radius 2 is 2.04 bits per heavy atom. The number of rotatable bonds is 5. The fraction of sp³-hybridized carbons (Fsp3) is 0.368. The molecule has 23 heavy (non-hydrogen) atoms. The lowest BCUT2D eigenvalue weighted by atomic mass is 9.99. The van der Waals surface area contributed by atoms with E-state index >= 15 is 0 Å². The number of benzene rings is 2. The van der Waals surface area contributed by atoms with Gasteiger partial charge in [-0.2, -0.15) is 0 Å². The number of hydrogen-bond acceptors (Lipinski definition) is 3. The molecule has 0 spiro atoms. The van der Waals surface area contributed by atoms with Crippen LogP contribution < -0.4 is 4.74 Å². The third-order valence-electron chi connectivity index (χ3n) is 4.54. The van der Waals surface area contributed by atoms with Crippen LogP contribution in [0.15, 0.2) is 48.5 Å². The van der Waals surface area contributed by atoms with Crippen molar-refractivity contribution in [3.05, 3.63) is 65.5 Å². The number of likely N-dealkylation sites (tertiary alicyclic amines) is 1. The van der Waals surface area contributed by atoms with E-state index in [1.165, 1.54) is 18.7 Å². The largest absolute Gasteiger partial charge is 0.494 e. The van der Waals surface area contributed by atoms with Crippen molar-refractivity contribution in [1.29, 1.82) is 0 Å². The zero-order chi connectivity index (χ0) is 16.2. The molecule has 3 nitrogen and oxygen atoms in total. The number of halogens is 1. The second-order valence-corrected chi connectivity index (χ2v) is 6.07. The summed E-state index contributed by atoms with van der Waals surface area (Å²) < 4.78 is 18.7. The molecule has 0 saturated carbocycles. The Kier molecular flexibility index (Phi) is 4.94. The number of ether oxygens (including phenoxy) is 1. The van der Waals surface area contributed by atoms with E-state index in [0.29, 0.717) is 18.0 Å². The standard InChI is InChI=1S/C19H22FNO2/c1-23-19-8-7-15(11-17(19)20)18(22)13-21-10-9-16(12-21)14-5-3-2-4-6-14/h2-8,11,16,18,22H,9-10,12-13H2,1H3. The molecule has 2 atom stereocenters. The summed E-state index contributed by atoms with van der Waals surface area (Å²) in [6.45, 7) is 2.41. The molecular weight excluding hydrogens is 293 g/mol. The summed E-state index contributed by atoms with van der Waals surface area (Å²) in [5.74, 6) is 0.273. The first kappa shape index (κ1) is 16.0. The van der Waals surface area contributed by atoms with Crippen molar-refractivity contribution in [3.8, 4) is 5.75 Å². The van der Waals surface area contributed by atoms with Gasteiger partial charge in [-0.1, -0.05) is 36.4 Å². The maximum Gasteiger partial charge on any atom is 0.165 e. The van der Waals surface area contributed by atoms with Crippen LogP contribution in [-0.4, -0.2) is 36.8 Å². The number of aliphatic hydroxyl groups is 1. The highest BCUT2D eigenvalue weighted by Crippen LogP contribution is 2.29. The Morgan fingerprint density at radius 3 is 2.74 bits per heavy atom. The monoisotopic (exact) mass is 315 g/mol. The predicted octanol–water partition coefficient (Wildman–Crippen LogP) is 3.36. The van der Waals surface area contributed by atoms with Crippen molar-refractivity contribution >= 4 is 0 Å². The first-order valence-electron chi connectivity index (χ1n) is 7.96. The molecule has 2 aromatic rings. The first-order chi connectivity index (χ1) is 11.2. The molecule has 0 aliphatic carbocycles. The molecule has 1 N–H and O–H groups in total. The fourth-order valence-electron chi connectivity index (χ4n) is 3.24. The quantitative estimate of drug-likeness (QED) is 0.918. The molecule has 0 amide bonds. The van der Waals surface area contributed by atoms with E-state index in [0.717, 1.165) is 19.5 Å². The van der Waals surface area contributed by atoms with Crippen molar-refractivity contribution in [2.45, 2.75) is 18.4 Å². The molecule has 122 valence electrons. The minimum absolute atomic E-state index is 0.200. The second-order valence-electron chi connectivity index (χ2n) is 6.07. The van der Waals surface area contributed by atoms with Crippen molar-refractivity contribution in [3.63, 3.8) is 0 Å². The lowest BCUT2D eigenvalue weighted by Crippen LogP contribution is -2.26. The van der Waals surface area contributed by atoms with Gasteiger partial charge in [0.25, 0.3) is 0 Å². The van der Waals surface area contributed by atoms with Crippen LogP contribution in [0, 0.1) is 5.82 Å². The summed E-state index contributed by atoms with van der Waals surface area (Å²) in [7, 11) is 1.43. The van der Waals surface area contributed by atoms with E-state index in [1.54, 1.807) is 12.1 Å². The van der Waals surface area contributed by atoms with Crippen molar-refractivity contribution < 1.29 is 14.2 Å². The number of methoxy groups -OCH3 is 1. The van der Waals surface area contributed by atoms with Gasteiger partial charge in [-0.15, -0.1) is 0 Å². The third kappa shape index (κ3) is 3.71. The SMILES string of the molecule is COc1ccc(C(O)CN2CCC(c3ccccc3)C2)cc1F. The first-order valence-corrected chi connectivity index (χ1v) is 7.96. The Balaban J connectivity index is 1.60. The van der Waals surface area contributed by atoms with E-state index < -0.39 is 11.9 Å². The molecule has 2 unspecified atom stereocenters. The molecule has 0 aromatic heterocycles. The van der Waals surface area contributed by atoms with Gasteiger partial charge in [0.1, 0.15) is 0 Å². The minimum atomic E-state index is -0.690. The van der Waals surface area contributed by atoms with Crippen LogP contribution in [0.2, 0.25) is 0 Å². The van der Waals surface area contributed by atoms with Crippen molar-refractivity contribution in [1.82, 2.24) is 4.90 Å². The summed E-state index contributed by atoms with van der Waals surface area (Å²) in [6, 6.07) is 15.1. The second kappa shape index (κ2) is 7.11. The minimum Gasteiger partial charge on any atom is -0.494 e. The van der Waals surface area contributed by atoms with Gasteiger partial charge >= 0.3 is 0 Å². The lowest BCUT2D eigenvalue weighted by molar-refractivity contribution is 0.125. The normalized spacial score (nSPS) is 19.7. The Morgan fingerprint density at radius 1 is 1.26 bits per heavy atom. The van der Waals surface area contributed by atoms with Gasteiger partial charge < -0.3 is 9.84 Å². The van der Waals surface area contributed by atoms with Crippen molar-refractivity contribution in [2.24, 2.45) is 0 Å². The third-order valence-corrected chi connectivity index (χ3v) is 4.54. The zero-order valence-electron chi connectivity index (χ0n) is 13.3. The van der Waals surface area contributed by atoms with Gasteiger partial charge in [0.05, 0.1) is 13.2 Å². The molecule has 1 aliphatic heterocycles. The molecule has 3 rings (SSSR count). The lowest BCUT2D eigenvalue weighted by Gasteiger charge is -2.21. The summed E-state index contributed by atoms with van der Waals surface area (Å²) in [5.41, 5.74) is 1.94. The molecule has 4 heteroatoms. The molecule has 1 heterocycles. The van der Waals surface area contributed by atoms with Crippen LogP contribution in [-0.2, 0) is 0 Å². The highest BCUT2D eigenvalue weighted by atomic mass is 19.1. The highest BCUT2D eigenvalue weighted by molar-refractivity contribution is 5.30. The smallest absolute Gasteiger partial charge is 0.165 e. The molecule has 1 fully saturated rings. The molecule has 0 radical (unpaired) electrons. The van der Waals surface area contributed by atoms with E-state index in [9.17, 15) is 9.50 Å².